The molecule has 0 N–H and O–H groups in total. The lowest BCUT2D eigenvalue weighted by Crippen LogP contribution is -2.01. The van der Waals surface area contributed by atoms with E-state index in [4.69, 9.17) is 4.74 Å². The third-order valence-corrected chi connectivity index (χ3v) is 2.83. The molecule has 6 heteroatoms. The lowest BCUT2D eigenvalue weighted by atomic mass is 10.2. The minimum atomic E-state index is 0.539. The summed E-state index contributed by atoms with van der Waals surface area (Å²) in [5.74, 6) is 0.539. The summed E-state index contributed by atoms with van der Waals surface area (Å²) < 4.78 is 6.97. The van der Waals surface area contributed by atoms with Crippen LogP contribution in [0.5, 0.6) is 5.88 Å². The average Bonchev–Trinajstić information content (AvgIpc) is 2.96. The van der Waals surface area contributed by atoms with E-state index in [0.717, 1.165) is 17.0 Å². The average molecular weight is 267 g/mol. The van der Waals surface area contributed by atoms with Gasteiger partial charge in [-0.05, 0) is 24.3 Å². The van der Waals surface area contributed by atoms with Gasteiger partial charge in [-0.2, -0.15) is 0 Å². The van der Waals surface area contributed by atoms with Crippen LogP contribution in [0.2, 0.25) is 0 Å². The van der Waals surface area contributed by atoms with Gasteiger partial charge < -0.3 is 4.74 Å². The first-order valence-corrected chi connectivity index (χ1v) is 6.16. The second-order valence-electron chi connectivity index (χ2n) is 4.18. The van der Waals surface area contributed by atoms with E-state index in [-0.39, 0.29) is 0 Å². The number of ether oxygens (including phenoxy) is 1. The highest BCUT2D eigenvalue weighted by Crippen LogP contribution is 2.25. The zero-order valence-corrected chi connectivity index (χ0v) is 11.0. The minimum absolute atomic E-state index is 0.539. The van der Waals surface area contributed by atoms with E-state index in [1.54, 1.807) is 24.2 Å². The molecule has 20 heavy (non-hydrogen) atoms. The highest BCUT2D eigenvalue weighted by Gasteiger charge is 2.10. The molecular weight excluding hydrogens is 254 g/mol. The second-order valence-corrected chi connectivity index (χ2v) is 4.18. The van der Waals surface area contributed by atoms with Gasteiger partial charge in [0.15, 0.2) is 0 Å². The van der Waals surface area contributed by atoms with Crippen LogP contribution in [0.3, 0.4) is 0 Å². The van der Waals surface area contributed by atoms with Crippen molar-refractivity contribution in [1.82, 2.24) is 25.0 Å². The van der Waals surface area contributed by atoms with Crippen molar-refractivity contribution >= 4 is 0 Å². The Labute approximate surface area is 116 Å². The molecule has 0 aliphatic heterocycles. The summed E-state index contributed by atoms with van der Waals surface area (Å²) in [6.07, 6.45) is 5.30. The van der Waals surface area contributed by atoms with Gasteiger partial charge in [-0.25, -0.2) is 9.67 Å². The van der Waals surface area contributed by atoms with Crippen molar-refractivity contribution in [2.45, 2.75) is 6.54 Å². The molecular formula is C14H13N5O. The fourth-order valence-corrected chi connectivity index (χ4v) is 1.91. The molecule has 3 rings (SSSR count). The molecule has 6 nitrogen and oxygen atoms in total. The number of aromatic nitrogens is 5. The summed E-state index contributed by atoms with van der Waals surface area (Å²) in [4.78, 5) is 8.42. The molecule has 100 valence electrons. The van der Waals surface area contributed by atoms with Crippen molar-refractivity contribution in [2.75, 3.05) is 7.11 Å². The molecule has 0 radical (unpaired) electrons. The Morgan fingerprint density at radius 3 is 2.80 bits per heavy atom. The maximum atomic E-state index is 5.23. The normalized spacial score (nSPS) is 10.4. The van der Waals surface area contributed by atoms with Gasteiger partial charge in [-0.15, -0.1) is 5.10 Å². The van der Waals surface area contributed by atoms with Crippen molar-refractivity contribution in [3.63, 3.8) is 0 Å². The van der Waals surface area contributed by atoms with Gasteiger partial charge in [0.25, 0.3) is 0 Å². The smallest absolute Gasteiger partial charge is 0.222 e. The number of hydrogen-bond donors (Lipinski definition) is 0. The van der Waals surface area contributed by atoms with E-state index < -0.39 is 0 Å². The minimum Gasteiger partial charge on any atom is -0.481 e. The van der Waals surface area contributed by atoms with Crippen LogP contribution in [0.25, 0.3) is 11.3 Å². The first-order valence-electron chi connectivity index (χ1n) is 6.16. The largest absolute Gasteiger partial charge is 0.481 e. The maximum absolute atomic E-state index is 5.23. The van der Waals surface area contributed by atoms with Crippen LogP contribution in [0.1, 0.15) is 5.69 Å². The van der Waals surface area contributed by atoms with Crippen LogP contribution >= 0.6 is 0 Å². The van der Waals surface area contributed by atoms with Crippen LogP contribution in [-0.4, -0.2) is 32.1 Å². The molecule has 0 aromatic carbocycles. The SMILES string of the molecule is COc1ncccc1-c1cn(Cc2ccccn2)nn1. The van der Waals surface area contributed by atoms with E-state index in [1.165, 1.54) is 0 Å². The molecule has 0 amide bonds. The quantitative estimate of drug-likeness (QED) is 0.721. The number of rotatable bonds is 4. The van der Waals surface area contributed by atoms with E-state index in [2.05, 4.69) is 20.3 Å². The maximum Gasteiger partial charge on any atom is 0.222 e. The number of hydrogen-bond acceptors (Lipinski definition) is 5. The molecule has 3 aromatic heterocycles. The van der Waals surface area contributed by atoms with E-state index in [9.17, 15) is 0 Å². The van der Waals surface area contributed by atoms with Crippen molar-refractivity contribution in [1.29, 1.82) is 0 Å². The summed E-state index contributed by atoms with van der Waals surface area (Å²) in [7, 11) is 1.59. The predicted octanol–water partition coefficient (Wildman–Crippen LogP) is 1.79. The topological polar surface area (TPSA) is 65.7 Å². The fraction of sp³-hybridized carbons (Fsp3) is 0.143. The Hall–Kier alpha value is -2.76. The molecule has 0 aliphatic carbocycles. The molecule has 0 spiro atoms. The van der Waals surface area contributed by atoms with Gasteiger partial charge in [-0.1, -0.05) is 11.3 Å². The summed E-state index contributed by atoms with van der Waals surface area (Å²) in [5.41, 5.74) is 2.48. The molecule has 0 unspecified atom stereocenters. The van der Waals surface area contributed by atoms with Crippen LogP contribution < -0.4 is 4.74 Å². The Morgan fingerprint density at radius 2 is 2.00 bits per heavy atom. The van der Waals surface area contributed by atoms with Crippen molar-refractivity contribution < 1.29 is 4.74 Å². The summed E-state index contributed by atoms with van der Waals surface area (Å²) in [6.45, 7) is 0.580. The summed E-state index contributed by atoms with van der Waals surface area (Å²) in [5, 5.41) is 8.26. The fourth-order valence-electron chi connectivity index (χ4n) is 1.91. The van der Waals surface area contributed by atoms with E-state index in [1.807, 2.05) is 36.5 Å². The van der Waals surface area contributed by atoms with Gasteiger partial charge in [0.05, 0.1) is 31.1 Å². The summed E-state index contributed by atoms with van der Waals surface area (Å²) >= 11 is 0. The highest BCUT2D eigenvalue weighted by atomic mass is 16.5. The number of methoxy groups -OCH3 is 1. The Morgan fingerprint density at radius 1 is 1.10 bits per heavy atom. The van der Waals surface area contributed by atoms with Crippen LogP contribution in [0, 0.1) is 0 Å². The third-order valence-electron chi connectivity index (χ3n) is 2.83. The van der Waals surface area contributed by atoms with Crippen LogP contribution in [0.15, 0.2) is 48.9 Å². The molecule has 0 saturated heterocycles. The van der Waals surface area contributed by atoms with Gasteiger partial charge in [0, 0.05) is 12.4 Å². The predicted molar refractivity (Wildman–Crippen MR) is 73.1 cm³/mol. The zero-order chi connectivity index (χ0) is 13.8. The van der Waals surface area contributed by atoms with E-state index in [0.29, 0.717) is 12.4 Å². The van der Waals surface area contributed by atoms with Crippen molar-refractivity contribution in [3.8, 4) is 17.1 Å². The van der Waals surface area contributed by atoms with Gasteiger partial charge in [-0.3, -0.25) is 4.98 Å². The Bertz CT molecular complexity index is 696. The Kier molecular flexibility index (Phi) is 3.36. The first kappa shape index (κ1) is 12.3. The van der Waals surface area contributed by atoms with Gasteiger partial charge >= 0.3 is 0 Å². The third kappa shape index (κ3) is 2.49. The molecule has 3 aromatic rings. The second kappa shape index (κ2) is 5.48. The molecule has 0 bridgehead atoms. The molecule has 0 fully saturated rings. The van der Waals surface area contributed by atoms with Crippen molar-refractivity contribution in [3.05, 3.63) is 54.6 Å². The number of nitrogens with zero attached hydrogens (tertiary/aromatic N) is 5. The van der Waals surface area contributed by atoms with E-state index >= 15 is 0 Å². The summed E-state index contributed by atoms with van der Waals surface area (Å²) in [6, 6.07) is 9.53. The van der Waals surface area contributed by atoms with Gasteiger partial charge in [0.1, 0.15) is 5.69 Å². The van der Waals surface area contributed by atoms with Crippen LogP contribution in [0.4, 0.5) is 0 Å². The zero-order valence-electron chi connectivity index (χ0n) is 11.0. The molecule has 0 saturated carbocycles. The molecule has 0 atom stereocenters. The highest BCUT2D eigenvalue weighted by molar-refractivity contribution is 5.63. The lowest BCUT2D eigenvalue weighted by molar-refractivity contribution is 0.399. The lowest BCUT2D eigenvalue weighted by Gasteiger charge is -2.02. The van der Waals surface area contributed by atoms with Crippen LogP contribution in [-0.2, 0) is 6.54 Å². The standard InChI is InChI=1S/C14H13N5O/c1-20-14-12(6-4-8-16-14)13-10-19(18-17-13)9-11-5-2-3-7-15-11/h2-8,10H,9H2,1H3. The molecule has 0 aliphatic rings. The molecule has 3 heterocycles. The van der Waals surface area contributed by atoms with Crippen molar-refractivity contribution in [2.24, 2.45) is 0 Å². The first-order chi connectivity index (χ1) is 9.86. The number of pyridine rings is 2. The van der Waals surface area contributed by atoms with Gasteiger partial charge in [0.2, 0.25) is 5.88 Å². The monoisotopic (exact) mass is 267 g/mol. The Balaban J connectivity index is 1.87.